The van der Waals surface area contributed by atoms with Crippen LogP contribution < -0.4 is 15.2 Å². The summed E-state index contributed by atoms with van der Waals surface area (Å²) in [5.74, 6) is 2.00. The van der Waals surface area contributed by atoms with E-state index in [1.165, 1.54) is 0 Å². The first-order valence-corrected chi connectivity index (χ1v) is 10.7. The summed E-state index contributed by atoms with van der Waals surface area (Å²) in [6.45, 7) is 2.09. The van der Waals surface area contributed by atoms with E-state index < -0.39 is 0 Å². The molecule has 5 rings (SSSR count). The van der Waals surface area contributed by atoms with E-state index >= 15 is 0 Å². The minimum absolute atomic E-state index is 0.144. The minimum Gasteiger partial charge on any atom is -0.497 e. The first-order valence-electron chi connectivity index (χ1n) is 10.4. The maximum absolute atomic E-state index is 6.41. The van der Waals surface area contributed by atoms with Gasteiger partial charge in [-0.3, -0.25) is 4.98 Å². The molecule has 0 aliphatic heterocycles. The highest BCUT2D eigenvalue weighted by Gasteiger charge is 2.13. The van der Waals surface area contributed by atoms with Crippen LogP contribution in [0, 0.1) is 0 Å². The molecule has 8 nitrogen and oxygen atoms in total. The summed E-state index contributed by atoms with van der Waals surface area (Å²) < 4.78 is 13.0. The average Bonchev–Trinajstić information content (AvgIpc) is 3.24. The van der Waals surface area contributed by atoms with Crippen molar-refractivity contribution in [1.82, 2.24) is 24.8 Å². The molecule has 0 spiro atoms. The molecule has 0 aliphatic rings. The van der Waals surface area contributed by atoms with E-state index in [1.54, 1.807) is 17.8 Å². The monoisotopic (exact) mass is 460 g/mol. The Morgan fingerprint density at radius 3 is 2.73 bits per heavy atom. The van der Waals surface area contributed by atoms with Crippen molar-refractivity contribution in [2.24, 2.45) is 5.73 Å². The molecule has 1 atom stereocenters. The van der Waals surface area contributed by atoms with Crippen LogP contribution in [-0.4, -0.2) is 31.9 Å². The number of hydrogen-bond acceptors (Lipinski definition) is 7. The van der Waals surface area contributed by atoms with Crippen molar-refractivity contribution in [2.75, 3.05) is 7.11 Å². The van der Waals surface area contributed by atoms with Gasteiger partial charge in [-0.1, -0.05) is 23.7 Å². The van der Waals surface area contributed by atoms with Crippen molar-refractivity contribution >= 4 is 28.2 Å². The molecule has 33 heavy (non-hydrogen) atoms. The molecule has 166 valence electrons. The Labute approximate surface area is 194 Å². The van der Waals surface area contributed by atoms with E-state index in [4.69, 9.17) is 31.9 Å². The Morgan fingerprint density at radius 2 is 1.94 bits per heavy atom. The van der Waals surface area contributed by atoms with Crippen LogP contribution >= 0.6 is 11.6 Å². The highest BCUT2D eigenvalue weighted by atomic mass is 35.5. The lowest BCUT2D eigenvalue weighted by Gasteiger charge is -2.10. The lowest BCUT2D eigenvalue weighted by molar-refractivity contribution is 0.296. The molecule has 2 aromatic carbocycles. The maximum Gasteiger partial charge on any atom is 0.192 e. The molecule has 0 saturated carbocycles. The molecule has 0 aliphatic carbocycles. The number of ether oxygens (including phenoxy) is 2. The molecule has 3 aromatic heterocycles. The number of aromatic nitrogens is 5. The second-order valence-electron chi connectivity index (χ2n) is 7.61. The zero-order valence-corrected chi connectivity index (χ0v) is 18.8. The first kappa shape index (κ1) is 21.1. The Kier molecular flexibility index (Phi) is 5.53. The van der Waals surface area contributed by atoms with E-state index in [0.29, 0.717) is 22.2 Å². The van der Waals surface area contributed by atoms with E-state index in [2.05, 4.69) is 15.2 Å². The number of rotatable bonds is 6. The van der Waals surface area contributed by atoms with Crippen LogP contribution in [0.25, 0.3) is 27.8 Å². The van der Waals surface area contributed by atoms with Gasteiger partial charge in [-0.2, -0.15) is 9.61 Å². The molecule has 0 radical (unpaired) electrons. The third-order valence-corrected chi connectivity index (χ3v) is 5.71. The molecule has 3 heterocycles. The number of methoxy groups -OCH3 is 1. The Bertz CT molecular complexity index is 1470. The molecule has 0 bridgehead atoms. The number of benzene rings is 2. The summed E-state index contributed by atoms with van der Waals surface area (Å²) in [5.41, 5.74) is 9.88. The van der Waals surface area contributed by atoms with E-state index in [-0.39, 0.29) is 12.6 Å². The van der Waals surface area contributed by atoms with Crippen molar-refractivity contribution in [3.8, 4) is 22.8 Å². The highest BCUT2D eigenvalue weighted by molar-refractivity contribution is 6.31. The normalized spacial score (nSPS) is 12.2. The molecule has 1 unspecified atom stereocenters. The number of hydrogen-bond donors (Lipinski definition) is 1. The number of fused-ring (bicyclic) bond motifs is 2. The van der Waals surface area contributed by atoms with Gasteiger partial charge in [0.2, 0.25) is 0 Å². The molecule has 9 heteroatoms. The summed E-state index contributed by atoms with van der Waals surface area (Å²) >= 11 is 6.41. The molecule has 0 fully saturated rings. The van der Waals surface area contributed by atoms with Crippen LogP contribution in [0.4, 0.5) is 0 Å². The SMILES string of the molecule is COc1ccc2c(OCc3nnc4ccc(-c5ccc(C(C)N)c(Cl)c5)nn34)ccnc2c1. The number of halogens is 1. The lowest BCUT2D eigenvalue weighted by Crippen LogP contribution is -2.06. The average molecular weight is 461 g/mol. The van der Waals surface area contributed by atoms with Crippen LogP contribution in [0.2, 0.25) is 5.02 Å². The summed E-state index contributed by atoms with van der Waals surface area (Å²) in [5, 5.41) is 14.7. The van der Waals surface area contributed by atoms with E-state index in [9.17, 15) is 0 Å². The van der Waals surface area contributed by atoms with Crippen molar-refractivity contribution in [2.45, 2.75) is 19.6 Å². The third-order valence-electron chi connectivity index (χ3n) is 5.38. The molecular weight excluding hydrogens is 440 g/mol. The topological polar surface area (TPSA) is 100 Å². The Morgan fingerprint density at radius 1 is 1.06 bits per heavy atom. The molecular formula is C24H21ClN6O2. The molecule has 2 N–H and O–H groups in total. The van der Waals surface area contributed by atoms with Gasteiger partial charge in [0.05, 0.1) is 18.3 Å². The van der Waals surface area contributed by atoms with Crippen molar-refractivity contribution < 1.29 is 9.47 Å². The minimum atomic E-state index is -0.144. The fourth-order valence-electron chi connectivity index (χ4n) is 3.63. The summed E-state index contributed by atoms with van der Waals surface area (Å²) in [7, 11) is 1.63. The fourth-order valence-corrected chi connectivity index (χ4v) is 3.98. The van der Waals surface area contributed by atoms with Crippen molar-refractivity contribution in [3.63, 3.8) is 0 Å². The van der Waals surface area contributed by atoms with Crippen LogP contribution in [0.5, 0.6) is 11.5 Å². The molecule has 0 saturated heterocycles. The van der Waals surface area contributed by atoms with Crippen LogP contribution in [0.15, 0.2) is 60.8 Å². The van der Waals surface area contributed by atoms with Gasteiger partial charge in [0.25, 0.3) is 0 Å². The van der Waals surface area contributed by atoms with E-state index in [1.807, 2.05) is 61.5 Å². The quantitative estimate of drug-likeness (QED) is 0.395. The molecule has 5 aromatic rings. The van der Waals surface area contributed by atoms with Crippen LogP contribution in [-0.2, 0) is 6.61 Å². The van der Waals surface area contributed by atoms with Crippen LogP contribution in [0.3, 0.4) is 0 Å². The van der Waals surface area contributed by atoms with Crippen molar-refractivity contribution in [1.29, 1.82) is 0 Å². The lowest BCUT2D eigenvalue weighted by atomic mass is 10.0. The number of nitrogens with zero attached hydrogens (tertiary/aromatic N) is 5. The van der Waals surface area contributed by atoms with Crippen LogP contribution in [0.1, 0.15) is 24.4 Å². The van der Waals surface area contributed by atoms with Gasteiger partial charge in [-0.15, -0.1) is 10.2 Å². The zero-order valence-electron chi connectivity index (χ0n) is 18.1. The number of pyridine rings is 1. The first-order chi connectivity index (χ1) is 16.0. The Balaban J connectivity index is 1.44. The van der Waals surface area contributed by atoms with Gasteiger partial charge in [0.1, 0.15) is 18.1 Å². The van der Waals surface area contributed by atoms with Gasteiger partial charge in [-0.25, -0.2) is 0 Å². The summed E-state index contributed by atoms with van der Waals surface area (Å²) in [6, 6.07) is 16.8. The fraction of sp³-hybridized carbons (Fsp3) is 0.167. The van der Waals surface area contributed by atoms with Gasteiger partial charge in [0, 0.05) is 34.3 Å². The van der Waals surface area contributed by atoms with Crippen molar-refractivity contribution in [3.05, 3.63) is 77.2 Å². The van der Waals surface area contributed by atoms with Gasteiger partial charge in [0.15, 0.2) is 11.5 Å². The highest BCUT2D eigenvalue weighted by Crippen LogP contribution is 2.29. The summed E-state index contributed by atoms with van der Waals surface area (Å²) in [6.07, 6.45) is 1.70. The van der Waals surface area contributed by atoms with Gasteiger partial charge in [-0.05, 0) is 48.9 Å². The Hall–Kier alpha value is -3.75. The second-order valence-corrected chi connectivity index (χ2v) is 8.02. The van der Waals surface area contributed by atoms with Gasteiger partial charge < -0.3 is 15.2 Å². The van der Waals surface area contributed by atoms with E-state index in [0.717, 1.165) is 33.5 Å². The maximum atomic E-state index is 6.41. The predicted octanol–water partition coefficient (Wildman–Crippen LogP) is 4.60. The largest absolute Gasteiger partial charge is 0.497 e. The molecule has 0 amide bonds. The number of nitrogens with two attached hydrogens (primary N) is 1. The second kappa shape index (κ2) is 8.65. The smallest absolute Gasteiger partial charge is 0.192 e. The summed E-state index contributed by atoms with van der Waals surface area (Å²) in [4.78, 5) is 4.39. The standard InChI is InChI=1S/C24H21ClN6O2/c1-14(26)17-5-3-15(11-19(17)25)20-7-8-23-28-29-24(31(23)30-20)13-33-22-9-10-27-21-12-16(32-2)4-6-18(21)22/h3-12,14H,13,26H2,1-2H3. The third kappa shape index (κ3) is 4.06. The van der Waals surface area contributed by atoms with Gasteiger partial charge >= 0.3 is 0 Å². The zero-order chi connectivity index (χ0) is 22.9. The predicted molar refractivity (Wildman–Crippen MR) is 126 cm³/mol.